The molecule has 0 saturated carbocycles. The van der Waals surface area contributed by atoms with Gasteiger partial charge in [0, 0.05) is 0 Å². The van der Waals surface area contributed by atoms with E-state index in [-0.39, 0.29) is 0 Å². The first-order valence-electron chi connectivity index (χ1n) is 5.26. The number of aliphatic hydroxyl groups is 4. The molecular weight excluding hydrogens is 264 g/mol. The fourth-order valence-electron chi connectivity index (χ4n) is 1.88. The Morgan fingerprint density at radius 3 is 0.950 bits per heavy atom. The van der Waals surface area contributed by atoms with Gasteiger partial charge in [0.25, 0.3) is 0 Å². The van der Waals surface area contributed by atoms with Gasteiger partial charge in [0.1, 0.15) is 34.9 Å². The maximum absolute atomic E-state index is 9.77. The van der Waals surface area contributed by atoms with E-state index in [1.165, 1.54) is 24.3 Å². The van der Waals surface area contributed by atoms with Crippen molar-refractivity contribution in [3.05, 3.63) is 23.0 Å². The second-order valence-corrected chi connectivity index (χ2v) is 3.97. The first-order valence-corrected chi connectivity index (χ1v) is 5.26. The summed E-state index contributed by atoms with van der Waals surface area (Å²) < 4.78 is 0. The third kappa shape index (κ3) is 2.03. The predicted molar refractivity (Wildman–Crippen MR) is 61.0 cm³/mol. The van der Waals surface area contributed by atoms with Crippen LogP contribution in [0.4, 0.5) is 0 Å². The highest BCUT2D eigenvalue weighted by Gasteiger charge is 2.45. The molecule has 0 aromatic rings. The lowest BCUT2D eigenvalue weighted by molar-refractivity contribution is 0.150. The Kier molecular flexibility index (Phi) is 4.06. The Balaban J connectivity index is 3.45. The van der Waals surface area contributed by atoms with Crippen molar-refractivity contribution < 1.29 is 20.4 Å². The fourth-order valence-corrected chi connectivity index (χ4v) is 1.88. The zero-order valence-corrected chi connectivity index (χ0v) is 9.89. The van der Waals surface area contributed by atoms with E-state index in [0.717, 1.165) is 0 Å². The first-order chi connectivity index (χ1) is 9.44. The van der Waals surface area contributed by atoms with Crippen molar-refractivity contribution in [1.29, 1.82) is 21.0 Å². The van der Waals surface area contributed by atoms with Crippen molar-refractivity contribution in [2.24, 2.45) is 23.7 Å². The summed E-state index contributed by atoms with van der Waals surface area (Å²) >= 11 is 0. The van der Waals surface area contributed by atoms with Gasteiger partial charge in [0.05, 0.1) is 24.3 Å². The highest BCUT2D eigenvalue weighted by molar-refractivity contribution is 5.35. The Bertz CT molecular complexity index is 543. The Morgan fingerprint density at radius 1 is 0.600 bits per heavy atom. The molecule has 0 aliphatic heterocycles. The van der Waals surface area contributed by atoms with Gasteiger partial charge in [0.15, 0.2) is 11.8 Å². The van der Waals surface area contributed by atoms with Crippen LogP contribution in [0.2, 0.25) is 0 Å². The van der Waals surface area contributed by atoms with E-state index in [0.29, 0.717) is 0 Å². The third-order valence-corrected chi connectivity index (χ3v) is 2.93. The molecule has 100 valence electrons. The van der Waals surface area contributed by atoms with Crippen LogP contribution in [0.15, 0.2) is 23.0 Å². The van der Waals surface area contributed by atoms with E-state index in [9.17, 15) is 20.4 Å². The molecule has 0 aromatic carbocycles. The molecule has 0 heterocycles. The van der Waals surface area contributed by atoms with Crippen LogP contribution in [0.1, 0.15) is 0 Å². The smallest absolute Gasteiger partial charge is 0.150 e. The molecule has 0 unspecified atom stereocenters. The van der Waals surface area contributed by atoms with E-state index in [2.05, 4.69) is 0 Å². The summed E-state index contributed by atoms with van der Waals surface area (Å²) in [4.78, 5) is 0. The molecule has 0 atom stereocenters. The molecule has 1 aliphatic rings. The minimum absolute atomic E-state index is 0.922. The maximum atomic E-state index is 9.77. The number of rotatable bonds is 2. The van der Waals surface area contributed by atoms with Gasteiger partial charge in [-0.2, -0.15) is 21.0 Å². The van der Waals surface area contributed by atoms with Crippen molar-refractivity contribution in [2.45, 2.75) is 0 Å². The fraction of sp³-hybridized carbons (Fsp3) is 0.333. The summed E-state index contributed by atoms with van der Waals surface area (Å²) in [6, 6.07) is 5.97. The van der Waals surface area contributed by atoms with Crippen molar-refractivity contribution >= 4 is 0 Å². The SMILES string of the molecule is N#CC(C#N)C1C(O)=C(O)C(C(C#N)C#N)C(O)=C1O. The summed E-state index contributed by atoms with van der Waals surface area (Å²) in [6.45, 7) is 0. The van der Waals surface area contributed by atoms with Crippen LogP contribution in [-0.2, 0) is 0 Å². The lowest BCUT2D eigenvalue weighted by Crippen LogP contribution is -2.31. The molecular formula is C12H8N4O4. The van der Waals surface area contributed by atoms with Crippen LogP contribution in [0.3, 0.4) is 0 Å². The largest absolute Gasteiger partial charge is 0.508 e. The maximum Gasteiger partial charge on any atom is 0.150 e. The normalized spacial score (nSPS) is 22.1. The molecule has 8 heteroatoms. The van der Waals surface area contributed by atoms with Crippen LogP contribution >= 0.6 is 0 Å². The van der Waals surface area contributed by atoms with Crippen molar-refractivity contribution in [2.75, 3.05) is 0 Å². The number of nitrogens with zero attached hydrogens (tertiary/aromatic N) is 4. The average Bonchev–Trinajstić information content (AvgIpc) is 2.46. The molecule has 0 bridgehead atoms. The van der Waals surface area contributed by atoms with E-state index in [1.54, 1.807) is 0 Å². The second-order valence-electron chi connectivity index (χ2n) is 3.97. The summed E-state index contributed by atoms with van der Waals surface area (Å²) in [6.07, 6.45) is 0. The molecule has 4 N–H and O–H groups in total. The molecule has 0 aromatic heterocycles. The van der Waals surface area contributed by atoms with Gasteiger partial charge in [-0.1, -0.05) is 0 Å². The van der Waals surface area contributed by atoms with E-state index >= 15 is 0 Å². The molecule has 0 radical (unpaired) electrons. The highest BCUT2D eigenvalue weighted by atomic mass is 16.3. The van der Waals surface area contributed by atoms with Gasteiger partial charge in [-0.25, -0.2) is 0 Å². The molecule has 20 heavy (non-hydrogen) atoms. The van der Waals surface area contributed by atoms with Crippen LogP contribution < -0.4 is 0 Å². The summed E-state index contributed by atoms with van der Waals surface area (Å²) in [5.41, 5.74) is 0. The third-order valence-electron chi connectivity index (χ3n) is 2.93. The van der Waals surface area contributed by atoms with E-state index < -0.39 is 46.7 Å². The highest BCUT2D eigenvalue weighted by Crippen LogP contribution is 2.40. The van der Waals surface area contributed by atoms with Crippen LogP contribution in [-0.4, -0.2) is 20.4 Å². The van der Waals surface area contributed by atoms with Gasteiger partial charge in [-0.05, 0) is 0 Å². The molecule has 1 aliphatic carbocycles. The summed E-state index contributed by atoms with van der Waals surface area (Å²) in [5.74, 6) is -10.0. The predicted octanol–water partition coefficient (Wildman–Crippen LogP) is 1.21. The minimum Gasteiger partial charge on any atom is -0.508 e. The van der Waals surface area contributed by atoms with Crippen molar-refractivity contribution in [3.8, 4) is 24.3 Å². The topological polar surface area (TPSA) is 176 Å². The Morgan fingerprint density at radius 2 is 0.800 bits per heavy atom. The van der Waals surface area contributed by atoms with E-state index in [1.807, 2.05) is 0 Å². The Hall–Kier alpha value is -3.36. The van der Waals surface area contributed by atoms with Gasteiger partial charge in [-0.15, -0.1) is 0 Å². The van der Waals surface area contributed by atoms with Crippen LogP contribution in [0.5, 0.6) is 0 Å². The molecule has 0 saturated heterocycles. The molecule has 0 spiro atoms. The second kappa shape index (κ2) is 5.52. The van der Waals surface area contributed by atoms with Gasteiger partial charge in [-0.3, -0.25) is 0 Å². The first kappa shape index (κ1) is 14.7. The molecule has 8 nitrogen and oxygen atoms in total. The van der Waals surface area contributed by atoms with Crippen molar-refractivity contribution in [1.82, 2.24) is 0 Å². The number of aliphatic hydroxyl groups excluding tert-OH is 4. The lowest BCUT2D eigenvalue weighted by Gasteiger charge is -2.28. The zero-order chi connectivity index (χ0) is 15.4. The van der Waals surface area contributed by atoms with E-state index in [4.69, 9.17) is 21.0 Å². The van der Waals surface area contributed by atoms with Crippen LogP contribution in [0.25, 0.3) is 0 Å². The lowest BCUT2D eigenvalue weighted by atomic mass is 9.78. The number of hydrogen-bond donors (Lipinski definition) is 4. The summed E-state index contributed by atoms with van der Waals surface area (Å²) in [5, 5.41) is 74.1. The minimum atomic E-state index is -1.63. The van der Waals surface area contributed by atoms with Gasteiger partial charge < -0.3 is 20.4 Å². The standard InChI is InChI=1S/C12H8N4O4/c13-1-5(2-14)7-9(17)11(19)8(6(3-15)4-16)12(20)10(7)18/h5-8,17-20H. The number of nitriles is 4. The quantitative estimate of drug-likeness (QED) is 0.579. The number of hydrogen-bond acceptors (Lipinski definition) is 8. The Labute approximate surface area is 113 Å². The molecule has 0 amide bonds. The zero-order valence-electron chi connectivity index (χ0n) is 9.89. The van der Waals surface area contributed by atoms with Crippen molar-refractivity contribution in [3.63, 3.8) is 0 Å². The summed E-state index contributed by atoms with van der Waals surface area (Å²) in [7, 11) is 0. The monoisotopic (exact) mass is 272 g/mol. The van der Waals surface area contributed by atoms with Gasteiger partial charge >= 0.3 is 0 Å². The molecule has 1 rings (SSSR count). The molecule has 0 fully saturated rings. The average molecular weight is 272 g/mol. The van der Waals surface area contributed by atoms with Crippen LogP contribution in [0, 0.1) is 69.0 Å². The van der Waals surface area contributed by atoms with Gasteiger partial charge in [0.2, 0.25) is 0 Å².